The van der Waals surface area contributed by atoms with E-state index in [1.165, 1.54) is 19.1 Å². The van der Waals surface area contributed by atoms with Crippen LogP contribution in [0.5, 0.6) is 5.75 Å². The quantitative estimate of drug-likeness (QED) is 0.451. The number of carbonyl (C=O) groups excluding carboxylic acids is 2. The van der Waals surface area contributed by atoms with Gasteiger partial charge in [0.15, 0.2) is 12.2 Å². The van der Waals surface area contributed by atoms with E-state index in [0.717, 1.165) is 5.57 Å². The third-order valence-corrected chi connectivity index (χ3v) is 4.35. The van der Waals surface area contributed by atoms with E-state index in [1.54, 1.807) is 45.9 Å². The highest BCUT2D eigenvalue weighted by Gasteiger charge is 2.49. The van der Waals surface area contributed by atoms with Crippen LogP contribution in [-0.2, 0) is 19.1 Å². The molecule has 0 amide bonds. The van der Waals surface area contributed by atoms with Gasteiger partial charge in [-0.15, -0.1) is 0 Å². The van der Waals surface area contributed by atoms with Crippen LogP contribution in [0, 0.1) is 0 Å². The molecule has 1 aliphatic heterocycles. The van der Waals surface area contributed by atoms with Crippen LogP contribution >= 0.6 is 0 Å². The van der Waals surface area contributed by atoms with Crippen molar-refractivity contribution in [1.29, 1.82) is 0 Å². The van der Waals surface area contributed by atoms with Gasteiger partial charge in [0.05, 0.1) is 5.56 Å². The van der Waals surface area contributed by atoms with Crippen molar-refractivity contribution < 1.29 is 28.2 Å². The van der Waals surface area contributed by atoms with Gasteiger partial charge in [0, 0.05) is 24.5 Å². The zero-order chi connectivity index (χ0) is 20.6. The number of rotatable bonds is 4. The smallest absolute Gasteiger partial charge is 0.336 e. The summed E-state index contributed by atoms with van der Waals surface area (Å²) in [7, 11) is 0. The maximum atomic E-state index is 12.2. The minimum absolute atomic E-state index is 0.283. The van der Waals surface area contributed by atoms with Gasteiger partial charge < -0.3 is 18.6 Å². The van der Waals surface area contributed by atoms with E-state index < -0.39 is 35.4 Å². The van der Waals surface area contributed by atoms with Gasteiger partial charge in [-0.2, -0.15) is 0 Å². The average Bonchev–Trinajstić information content (AvgIpc) is 2.92. The fourth-order valence-electron chi connectivity index (χ4n) is 3.25. The first kappa shape index (κ1) is 19.7. The van der Waals surface area contributed by atoms with Crippen LogP contribution in [0.25, 0.3) is 11.0 Å². The van der Waals surface area contributed by atoms with Crippen molar-refractivity contribution in [1.82, 2.24) is 0 Å². The first-order valence-electron chi connectivity index (χ1n) is 8.87. The summed E-state index contributed by atoms with van der Waals surface area (Å²) in [5, 5.41) is 0.666. The SMILES string of the molecule is CC(=O)O[C@@H]1c2c(ccc3ccc(=O)oc23)O[C@@H]1C(C)(C)OC(=O)C=C(C)C. The zero-order valence-electron chi connectivity index (χ0n) is 16.4. The summed E-state index contributed by atoms with van der Waals surface area (Å²) in [5.74, 6) is -0.653. The average molecular weight is 386 g/mol. The second-order valence-corrected chi connectivity index (χ2v) is 7.46. The molecule has 2 heterocycles. The van der Waals surface area contributed by atoms with Crippen LogP contribution in [0.1, 0.15) is 46.3 Å². The number of allylic oxidation sites excluding steroid dienone is 1. The van der Waals surface area contributed by atoms with Gasteiger partial charge in [-0.05, 0) is 45.9 Å². The Morgan fingerprint density at radius 2 is 1.79 bits per heavy atom. The Bertz CT molecular complexity index is 1020. The Labute approximate surface area is 161 Å². The Balaban J connectivity index is 2.07. The van der Waals surface area contributed by atoms with Crippen LogP contribution in [0.3, 0.4) is 0 Å². The summed E-state index contributed by atoms with van der Waals surface area (Å²) in [5.41, 5.74) is -0.142. The lowest BCUT2D eigenvalue weighted by molar-refractivity contribution is -0.172. The number of ether oxygens (including phenoxy) is 3. The van der Waals surface area contributed by atoms with Crippen LogP contribution in [0.15, 0.2) is 45.1 Å². The molecule has 1 aromatic carbocycles. The minimum atomic E-state index is -1.14. The molecule has 0 bridgehead atoms. The molecule has 3 rings (SSSR count). The summed E-state index contributed by atoms with van der Waals surface area (Å²) in [4.78, 5) is 35.7. The Kier molecular flexibility index (Phi) is 5.02. The number of esters is 2. The second-order valence-electron chi connectivity index (χ2n) is 7.46. The minimum Gasteiger partial charge on any atom is -0.481 e. The maximum absolute atomic E-state index is 12.2. The van der Waals surface area contributed by atoms with E-state index in [4.69, 9.17) is 18.6 Å². The van der Waals surface area contributed by atoms with Gasteiger partial charge in [-0.25, -0.2) is 9.59 Å². The van der Waals surface area contributed by atoms with E-state index in [2.05, 4.69) is 0 Å². The summed E-state index contributed by atoms with van der Waals surface area (Å²) in [6, 6.07) is 6.39. The van der Waals surface area contributed by atoms with Gasteiger partial charge in [0.2, 0.25) is 0 Å². The summed E-state index contributed by atoms with van der Waals surface area (Å²) in [6.45, 7) is 8.20. The molecule has 0 N–H and O–H groups in total. The number of fused-ring (bicyclic) bond motifs is 3. The highest BCUT2D eigenvalue weighted by molar-refractivity contribution is 5.84. The molecule has 148 valence electrons. The molecule has 0 saturated heterocycles. The molecule has 7 nitrogen and oxygen atoms in total. The van der Waals surface area contributed by atoms with Crippen LogP contribution in [-0.4, -0.2) is 23.6 Å². The molecule has 0 radical (unpaired) electrons. The number of carbonyl (C=O) groups is 2. The fraction of sp³-hybridized carbons (Fsp3) is 0.381. The van der Waals surface area contributed by atoms with Gasteiger partial charge in [-0.1, -0.05) is 5.57 Å². The van der Waals surface area contributed by atoms with Gasteiger partial charge >= 0.3 is 17.6 Å². The largest absolute Gasteiger partial charge is 0.481 e. The molecule has 0 spiro atoms. The standard InChI is InChI=1S/C21H22O7/c1-11(2)10-16(24)28-21(4,5)20-19(25-12(3)22)17-14(26-20)8-6-13-7-9-15(23)27-18(13)17/h6-10,19-20H,1-5H3/t19-,20+/m1/s1. The highest BCUT2D eigenvalue weighted by Crippen LogP contribution is 2.47. The van der Waals surface area contributed by atoms with E-state index in [9.17, 15) is 14.4 Å². The van der Waals surface area contributed by atoms with Gasteiger partial charge in [0.25, 0.3) is 0 Å². The van der Waals surface area contributed by atoms with Crippen molar-refractivity contribution in [2.24, 2.45) is 0 Å². The lowest BCUT2D eigenvalue weighted by Gasteiger charge is -2.33. The van der Waals surface area contributed by atoms with Crippen LogP contribution in [0.4, 0.5) is 0 Å². The van der Waals surface area contributed by atoms with Crippen molar-refractivity contribution in [3.63, 3.8) is 0 Å². The molecule has 0 fully saturated rings. The number of hydrogen-bond acceptors (Lipinski definition) is 7. The van der Waals surface area contributed by atoms with Crippen LogP contribution < -0.4 is 10.4 Å². The van der Waals surface area contributed by atoms with Crippen molar-refractivity contribution >= 4 is 22.9 Å². The molecule has 0 aliphatic carbocycles. The fourth-order valence-corrected chi connectivity index (χ4v) is 3.25. The van der Waals surface area contributed by atoms with E-state index >= 15 is 0 Å². The van der Waals surface area contributed by atoms with Crippen molar-refractivity contribution in [2.45, 2.75) is 52.4 Å². The monoisotopic (exact) mass is 386 g/mol. The maximum Gasteiger partial charge on any atom is 0.336 e. The topological polar surface area (TPSA) is 92.0 Å². The van der Waals surface area contributed by atoms with Crippen molar-refractivity contribution in [2.75, 3.05) is 0 Å². The lowest BCUT2D eigenvalue weighted by atomic mass is 9.93. The Morgan fingerprint density at radius 3 is 2.43 bits per heavy atom. The molecule has 0 unspecified atom stereocenters. The summed E-state index contributed by atoms with van der Waals surface area (Å²) < 4.78 is 22.5. The predicted octanol–water partition coefficient (Wildman–Crippen LogP) is 3.45. The molecule has 28 heavy (non-hydrogen) atoms. The molecule has 2 aromatic rings. The summed E-state index contributed by atoms with van der Waals surface area (Å²) >= 11 is 0. The van der Waals surface area contributed by atoms with Gasteiger partial charge in [-0.3, -0.25) is 4.79 Å². The van der Waals surface area contributed by atoms with E-state index in [0.29, 0.717) is 16.7 Å². The third kappa shape index (κ3) is 3.78. The predicted molar refractivity (Wildman–Crippen MR) is 101 cm³/mol. The Hall–Kier alpha value is -3.09. The van der Waals surface area contributed by atoms with E-state index in [1.807, 2.05) is 0 Å². The third-order valence-electron chi connectivity index (χ3n) is 4.35. The number of hydrogen-bond donors (Lipinski definition) is 0. The van der Waals surface area contributed by atoms with Crippen molar-refractivity contribution in [3.8, 4) is 5.75 Å². The molecule has 7 heteroatoms. The number of benzene rings is 1. The van der Waals surface area contributed by atoms with E-state index in [-0.39, 0.29) is 5.58 Å². The lowest BCUT2D eigenvalue weighted by Crippen LogP contribution is -2.46. The van der Waals surface area contributed by atoms with Crippen LogP contribution in [0.2, 0.25) is 0 Å². The van der Waals surface area contributed by atoms with Gasteiger partial charge in [0.1, 0.15) is 16.9 Å². The molecular formula is C21H22O7. The molecule has 1 aliphatic rings. The molecule has 0 saturated carbocycles. The normalized spacial score (nSPS) is 18.2. The second kappa shape index (κ2) is 7.14. The molecule has 1 aromatic heterocycles. The summed E-state index contributed by atoms with van der Waals surface area (Å²) in [6.07, 6.45) is -0.354. The molecular weight excluding hydrogens is 364 g/mol. The highest BCUT2D eigenvalue weighted by atomic mass is 16.6. The first-order valence-corrected chi connectivity index (χ1v) is 8.87. The Morgan fingerprint density at radius 1 is 1.11 bits per heavy atom. The van der Waals surface area contributed by atoms with Crippen molar-refractivity contribution in [3.05, 3.63) is 51.9 Å². The molecule has 2 atom stereocenters. The first-order chi connectivity index (χ1) is 13.1. The zero-order valence-corrected chi connectivity index (χ0v) is 16.4.